The van der Waals surface area contributed by atoms with Gasteiger partial charge < -0.3 is 14.8 Å². The number of nitrogens with one attached hydrogen (secondary N) is 1. The van der Waals surface area contributed by atoms with E-state index in [0.717, 1.165) is 22.3 Å². The molecular formula is C16H17BrClNO2. The maximum Gasteiger partial charge on any atom is 0.150 e. The van der Waals surface area contributed by atoms with Gasteiger partial charge in [0.05, 0.1) is 11.6 Å². The Morgan fingerprint density at radius 1 is 1.19 bits per heavy atom. The van der Waals surface area contributed by atoms with Crippen molar-refractivity contribution >= 4 is 27.5 Å². The van der Waals surface area contributed by atoms with Gasteiger partial charge in [-0.15, -0.1) is 0 Å². The number of methoxy groups -OCH3 is 1. The quantitative estimate of drug-likeness (QED) is 0.721. The molecule has 0 aliphatic carbocycles. The fourth-order valence-corrected chi connectivity index (χ4v) is 2.46. The van der Waals surface area contributed by atoms with Crippen molar-refractivity contribution in [1.29, 1.82) is 0 Å². The Morgan fingerprint density at radius 3 is 2.76 bits per heavy atom. The third-order valence-corrected chi connectivity index (χ3v) is 3.65. The van der Waals surface area contributed by atoms with Crippen molar-refractivity contribution in [2.45, 2.75) is 6.54 Å². The predicted molar refractivity (Wildman–Crippen MR) is 89.3 cm³/mol. The average molecular weight is 371 g/mol. The molecule has 1 N–H and O–H groups in total. The molecule has 0 bridgehead atoms. The van der Waals surface area contributed by atoms with Crippen LogP contribution in [0.1, 0.15) is 5.56 Å². The number of halogens is 2. The summed E-state index contributed by atoms with van der Waals surface area (Å²) in [6.45, 7) is 2.12. The van der Waals surface area contributed by atoms with Gasteiger partial charge in [0, 0.05) is 30.2 Å². The molecule has 0 saturated heterocycles. The summed E-state index contributed by atoms with van der Waals surface area (Å²) < 4.78 is 11.9. The van der Waals surface area contributed by atoms with Crippen LogP contribution in [0, 0.1) is 0 Å². The van der Waals surface area contributed by atoms with E-state index in [4.69, 9.17) is 21.1 Å². The monoisotopic (exact) mass is 369 g/mol. The number of ether oxygens (including phenoxy) is 2. The van der Waals surface area contributed by atoms with Gasteiger partial charge in [-0.05, 0) is 24.3 Å². The molecule has 0 radical (unpaired) electrons. The SMILES string of the molecule is COCCNCc1cccc(Cl)c1Oc1cccc(Br)c1. The molecule has 112 valence electrons. The second-order valence-corrected chi connectivity index (χ2v) is 5.78. The summed E-state index contributed by atoms with van der Waals surface area (Å²) in [5.74, 6) is 1.43. The molecule has 0 unspecified atom stereocenters. The third kappa shape index (κ3) is 5.00. The topological polar surface area (TPSA) is 30.5 Å². The standard InChI is InChI=1S/C16H17BrClNO2/c1-20-9-8-19-11-12-4-2-7-15(18)16(12)21-14-6-3-5-13(17)10-14/h2-7,10,19H,8-9,11H2,1H3. The second kappa shape index (κ2) is 8.39. The first-order valence-corrected chi connectivity index (χ1v) is 7.78. The molecule has 2 aromatic rings. The van der Waals surface area contributed by atoms with Crippen molar-refractivity contribution in [2.24, 2.45) is 0 Å². The minimum Gasteiger partial charge on any atom is -0.455 e. The molecule has 2 aromatic carbocycles. The Balaban J connectivity index is 2.13. The van der Waals surface area contributed by atoms with Gasteiger partial charge in [-0.2, -0.15) is 0 Å². The fraction of sp³-hybridized carbons (Fsp3) is 0.250. The first-order chi connectivity index (χ1) is 10.2. The first kappa shape index (κ1) is 16.3. The summed E-state index contributed by atoms with van der Waals surface area (Å²) in [6.07, 6.45) is 0. The molecule has 0 atom stereocenters. The van der Waals surface area contributed by atoms with E-state index in [1.807, 2.05) is 42.5 Å². The van der Waals surface area contributed by atoms with Crippen molar-refractivity contribution in [2.75, 3.05) is 20.3 Å². The fourth-order valence-electron chi connectivity index (χ4n) is 1.85. The lowest BCUT2D eigenvalue weighted by molar-refractivity contribution is 0.199. The largest absolute Gasteiger partial charge is 0.455 e. The zero-order valence-electron chi connectivity index (χ0n) is 11.7. The molecule has 0 saturated carbocycles. The summed E-state index contributed by atoms with van der Waals surface area (Å²) in [5, 5.41) is 3.89. The minimum absolute atomic E-state index is 0.598. The zero-order valence-corrected chi connectivity index (χ0v) is 14.1. The lowest BCUT2D eigenvalue weighted by Crippen LogP contribution is -2.18. The van der Waals surface area contributed by atoms with E-state index in [2.05, 4.69) is 21.2 Å². The van der Waals surface area contributed by atoms with E-state index in [1.54, 1.807) is 7.11 Å². The summed E-state index contributed by atoms with van der Waals surface area (Å²) in [4.78, 5) is 0. The van der Waals surface area contributed by atoms with Crippen LogP contribution in [0.25, 0.3) is 0 Å². The Labute approximate surface area is 138 Å². The molecular weight excluding hydrogens is 354 g/mol. The van der Waals surface area contributed by atoms with Crippen LogP contribution in [0.3, 0.4) is 0 Å². The van der Waals surface area contributed by atoms with E-state index in [9.17, 15) is 0 Å². The molecule has 3 nitrogen and oxygen atoms in total. The predicted octanol–water partition coefficient (Wildman–Crippen LogP) is 4.63. The highest BCUT2D eigenvalue weighted by molar-refractivity contribution is 9.10. The molecule has 0 aliphatic rings. The third-order valence-electron chi connectivity index (χ3n) is 2.86. The summed E-state index contributed by atoms with van der Waals surface area (Å²) in [5.41, 5.74) is 1.01. The van der Waals surface area contributed by atoms with Gasteiger partial charge in [0.25, 0.3) is 0 Å². The van der Waals surface area contributed by atoms with Crippen molar-refractivity contribution in [3.05, 3.63) is 57.5 Å². The van der Waals surface area contributed by atoms with Gasteiger partial charge in [0.1, 0.15) is 11.5 Å². The van der Waals surface area contributed by atoms with Crippen LogP contribution in [0.15, 0.2) is 46.9 Å². The first-order valence-electron chi connectivity index (χ1n) is 6.61. The lowest BCUT2D eigenvalue weighted by atomic mass is 10.2. The van der Waals surface area contributed by atoms with Crippen molar-refractivity contribution < 1.29 is 9.47 Å². The van der Waals surface area contributed by atoms with Crippen LogP contribution in [0.2, 0.25) is 5.02 Å². The molecule has 0 heterocycles. The van der Waals surface area contributed by atoms with Gasteiger partial charge >= 0.3 is 0 Å². The van der Waals surface area contributed by atoms with Crippen LogP contribution >= 0.6 is 27.5 Å². The average Bonchev–Trinajstić information content (AvgIpc) is 2.47. The Kier molecular flexibility index (Phi) is 6.51. The maximum atomic E-state index is 6.27. The maximum absolute atomic E-state index is 6.27. The van der Waals surface area contributed by atoms with Crippen LogP contribution in [0.4, 0.5) is 0 Å². The zero-order chi connectivity index (χ0) is 15.1. The highest BCUT2D eigenvalue weighted by atomic mass is 79.9. The molecule has 0 aromatic heterocycles. The molecule has 5 heteroatoms. The highest BCUT2D eigenvalue weighted by Gasteiger charge is 2.09. The van der Waals surface area contributed by atoms with Crippen molar-refractivity contribution in [1.82, 2.24) is 5.32 Å². The Morgan fingerprint density at radius 2 is 2.00 bits per heavy atom. The van der Waals surface area contributed by atoms with E-state index >= 15 is 0 Å². The van der Waals surface area contributed by atoms with E-state index in [1.165, 1.54) is 0 Å². The Bertz CT molecular complexity index is 592. The number of para-hydroxylation sites is 1. The van der Waals surface area contributed by atoms with Crippen LogP contribution < -0.4 is 10.1 Å². The molecule has 21 heavy (non-hydrogen) atoms. The summed E-state index contributed by atoms with van der Waals surface area (Å²) >= 11 is 9.70. The smallest absolute Gasteiger partial charge is 0.150 e. The van der Waals surface area contributed by atoms with E-state index in [0.29, 0.717) is 23.9 Å². The Hall–Kier alpha value is -1.07. The van der Waals surface area contributed by atoms with Gasteiger partial charge in [-0.3, -0.25) is 0 Å². The lowest BCUT2D eigenvalue weighted by Gasteiger charge is -2.13. The number of rotatable bonds is 7. The van der Waals surface area contributed by atoms with Gasteiger partial charge in [-0.25, -0.2) is 0 Å². The second-order valence-electron chi connectivity index (χ2n) is 4.46. The van der Waals surface area contributed by atoms with Gasteiger partial charge in [-0.1, -0.05) is 45.7 Å². The minimum atomic E-state index is 0.598. The van der Waals surface area contributed by atoms with Crippen molar-refractivity contribution in [3.63, 3.8) is 0 Å². The summed E-state index contributed by atoms with van der Waals surface area (Å²) in [7, 11) is 1.68. The van der Waals surface area contributed by atoms with Gasteiger partial charge in [0.2, 0.25) is 0 Å². The van der Waals surface area contributed by atoms with Crippen LogP contribution in [0.5, 0.6) is 11.5 Å². The number of benzene rings is 2. The van der Waals surface area contributed by atoms with Gasteiger partial charge in [0.15, 0.2) is 0 Å². The molecule has 2 rings (SSSR count). The van der Waals surface area contributed by atoms with E-state index in [-0.39, 0.29) is 0 Å². The highest BCUT2D eigenvalue weighted by Crippen LogP contribution is 2.33. The summed E-state index contributed by atoms with van der Waals surface area (Å²) in [6, 6.07) is 13.4. The normalized spacial score (nSPS) is 10.6. The van der Waals surface area contributed by atoms with Crippen molar-refractivity contribution in [3.8, 4) is 11.5 Å². The number of hydrogen-bond acceptors (Lipinski definition) is 3. The van der Waals surface area contributed by atoms with E-state index < -0.39 is 0 Å². The van der Waals surface area contributed by atoms with Crippen LogP contribution in [-0.4, -0.2) is 20.3 Å². The van der Waals surface area contributed by atoms with Crippen LogP contribution in [-0.2, 0) is 11.3 Å². The molecule has 0 amide bonds. The number of hydrogen-bond donors (Lipinski definition) is 1. The molecule has 0 spiro atoms. The molecule has 0 aliphatic heterocycles. The molecule has 0 fully saturated rings.